The number of ether oxygens (including phenoxy) is 1. The lowest BCUT2D eigenvalue weighted by molar-refractivity contribution is -0.186. The molecule has 0 aliphatic carbocycles. The molecule has 0 heterocycles. The fraction of sp³-hybridized carbons (Fsp3) is 0.333. The molecule has 19 heavy (non-hydrogen) atoms. The number of alkyl halides is 3. The number of halogens is 3. The molecular formula is C12H11F3O4. The Morgan fingerprint density at radius 3 is 2.26 bits per heavy atom. The largest absolute Gasteiger partial charge is 0.481 e. The topological polar surface area (TPSA) is 63.6 Å². The van der Waals surface area contributed by atoms with Gasteiger partial charge in [0, 0.05) is 0 Å². The first kappa shape index (κ1) is 15.0. The summed E-state index contributed by atoms with van der Waals surface area (Å²) in [4.78, 5) is 22.2. The van der Waals surface area contributed by atoms with Crippen molar-refractivity contribution in [1.29, 1.82) is 0 Å². The van der Waals surface area contributed by atoms with E-state index < -0.39 is 37.1 Å². The van der Waals surface area contributed by atoms with E-state index in [4.69, 9.17) is 5.11 Å². The van der Waals surface area contributed by atoms with Crippen molar-refractivity contribution in [3.63, 3.8) is 0 Å². The minimum absolute atomic E-state index is 0.332. The summed E-state index contributed by atoms with van der Waals surface area (Å²) in [6.07, 6.45) is -5.27. The number of hydrogen-bond acceptors (Lipinski definition) is 3. The van der Waals surface area contributed by atoms with Gasteiger partial charge in [-0.05, 0) is 5.56 Å². The van der Waals surface area contributed by atoms with Crippen molar-refractivity contribution in [3.8, 4) is 0 Å². The van der Waals surface area contributed by atoms with E-state index in [1.165, 1.54) is 12.1 Å². The third-order valence-corrected chi connectivity index (χ3v) is 2.27. The van der Waals surface area contributed by atoms with Crippen LogP contribution in [-0.2, 0) is 14.3 Å². The normalized spacial score (nSPS) is 12.8. The zero-order valence-electron chi connectivity index (χ0n) is 9.68. The second kappa shape index (κ2) is 6.21. The first-order valence-corrected chi connectivity index (χ1v) is 5.29. The molecule has 7 heteroatoms. The summed E-state index contributed by atoms with van der Waals surface area (Å²) in [5.74, 6) is -3.72. The number of hydrogen-bond donors (Lipinski definition) is 1. The second-order valence-electron chi connectivity index (χ2n) is 3.78. The summed E-state index contributed by atoms with van der Waals surface area (Å²) in [6, 6.07) is 7.77. The van der Waals surface area contributed by atoms with Crippen LogP contribution in [0.2, 0.25) is 0 Å². The quantitative estimate of drug-likeness (QED) is 0.838. The number of carbonyl (C=O) groups is 2. The van der Waals surface area contributed by atoms with Crippen LogP contribution >= 0.6 is 0 Å². The molecule has 1 atom stereocenters. The van der Waals surface area contributed by atoms with Gasteiger partial charge in [0.2, 0.25) is 0 Å². The average Bonchev–Trinajstić information content (AvgIpc) is 2.33. The highest BCUT2D eigenvalue weighted by molar-refractivity contribution is 5.83. The molecule has 0 aromatic heterocycles. The van der Waals surface area contributed by atoms with Gasteiger partial charge in [0.15, 0.2) is 6.61 Å². The molecular weight excluding hydrogens is 265 g/mol. The minimum Gasteiger partial charge on any atom is -0.481 e. The van der Waals surface area contributed by atoms with Gasteiger partial charge in [-0.25, -0.2) is 0 Å². The van der Waals surface area contributed by atoms with Crippen LogP contribution in [0.3, 0.4) is 0 Å². The molecule has 1 rings (SSSR count). The summed E-state index contributed by atoms with van der Waals surface area (Å²) >= 11 is 0. The van der Waals surface area contributed by atoms with Gasteiger partial charge in [0.05, 0.1) is 12.3 Å². The fourth-order valence-corrected chi connectivity index (χ4v) is 1.42. The van der Waals surface area contributed by atoms with Crippen molar-refractivity contribution in [2.45, 2.75) is 18.5 Å². The number of esters is 1. The van der Waals surface area contributed by atoms with Crippen molar-refractivity contribution >= 4 is 11.9 Å². The lowest BCUT2D eigenvalue weighted by atomic mass is 9.96. The molecule has 1 N–H and O–H groups in total. The molecule has 0 fully saturated rings. The van der Waals surface area contributed by atoms with Crippen LogP contribution in [0.1, 0.15) is 17.9 Å². The van der Waals surface area contributed by atoms with E-state index in [0.29, 0.717) is 5.56 Å². The van der Waals surface area contributed by atoms with E-state index in [-0.39, 0.29) is 0 Å². The third kappa shape index (κ3) is 5.41. The third-order valence-electron chi connectivity index (χ3n) is 2.27. The van der Waals surface area contributed by atoms with E-state index in [9.17, 15) is 22.8 Å². The predicted molar refractivity (Wildman–Crippen MR) is 58.4 cm³/mol. The molecule has 104 valence electrons. The van der Waals surface area contributed by atoms with Gasteiger partial charge in [-0.3, -0.25) is 9.59 Å². The average molecular weight is 276 g/mol. The Bertz CT molecular complexity index is 442. The monoisotopic (exact) mass is 276 g/mol. The van der Waals surface area contributed by atoms with Gasteiger partial charge < -0.3 is 9.84 Å². The van der Waals surface area contributed by atoms with Gasteiger partial charge in [0.1, 0.15) is 0 Å². The Morgan fingerprint density at radius 2 is 1.79 bits per heavy atom. The van der Waals surface area contributed by atoms with Gasteiger partial charge in [-0.2, -0.15) is 13.2 Å². The molecule has 4 nitrogen and oxygen atoms in total. The van der Waals surface area contributed by atoms with Crippen LogP contribution < -0.4 is 0 Å². The number of aliphatic carboxylic acids is 1. The van der Waals surface area contributed by atoms with Gasteiger partial charge >= 0.3 is 18.1 Å². The highest BCUT2D eigenvalue weighted by Gasteiger charge is 2.31. The van der Waals surface area contributed by atoms with Crippen LogP contribution in [0.15, 0.2) is 30.3 Å². The lowest BCUT2D eigenvalue weighted by Crippen LogP contribution is -2.23. The van der Waals surface area contributed by atoms with Crippen LogP contribution in [0.4, 0.5) is 13.2 Å². The minimum atomic E-state index is -4.62. The number of carboxylic acid groups (broad SMARTS) is 1. The first-order chi connectivity index (χ1) is 8.79. The summed E-state index contributed by atoms with van der Waals surface area (Å²) in [7, 11) is 0. The molecule has 0 bridgehead atoms. The van der Waals surface area contributed by atoms with Gasteiger partial charge in [-0.15, -0.1) is 0 Å². The van der Waals surface area contributed by atoms with Crippen LogP contribution in [-0.4, -0.2) is 29.8 Å². The van der Waals surface area contributed by atoms with E-state index >= 15 is 0 Å². The molecule has 0 saturated heterocycles. The highest BCUT2D eigenvalue weighted by Crippen LogP contribution is 2.21. The summed E-state index contributed by atoms with van der Waals surface area (Å²) in [5, 5.41) is 8.97. The summed E-state index contributed by atoms with van der Waals surface area (Å²) in [6.45, 7) is -1.72. The SMILES string of the molecule is O=C(C[C@H](C(=O)O)c1ccccc1)OCC(F)(F)F. The molecule has 0 radical (unpaired) electrons. The maximum atomic E-state index is 11.8. The first-order valence-electron chi connectivity index (χ1n) is 5.29. The maximum Gasteiger partial charge on any atom is 0.422 e. The van der Waals surface area contributed by atoms with Crippen LogP contribution in [0.5, 0.6) is 0 Å². The zero-order chi connectivity index (χ0) is 14.5. The molecule has 0 saturated carbocycles. The van der Waals surface area contributed by atoms with Crippen molar-refractivity contribution in [1.82, 2.24) is 0 Å². The fourth-order valence-electron chi connectivity index (χ4n) is 1.42. The second-order valence-corrected chi connectivity index (χ2v) is 3.78. The molecule has 0 aliphatic heterocycles. The van der Waals surface area contributed by atoms with Gasteiger partial charge in [-0.1, -0.05) is 30.3 Å². The number of benzene rings is 1. The molecule has 0 amide bonds. The highest BCUT2D eigenvalue weighted by atomic mass is 19.4. The van der Waals surface area contributed by atoms with E-state index in [0.717, 1.165) is 0 Å². The Kier molecular flexibility index (Phi) is 4.91. The van der Waals surface area contributed by atoms with Gasteiger partial charge in [0.25, 0.3) is 0 Å². The van der Waals surface area contributed by atoms with E-state index in [1.807, 2.05) is 0 Å². The molecule has 0 aliphatic rings. The maximum absolute atomic E-state index is 11.8. The lowest BCUT2D eigenvalue weighted by Gasteiger charge is -2.13. The number of carbonyl (C=O) groups excluding carboxylic acids is 1. The Hall–Kier alpha value is -2.05. The summed E-state index contributed by atoms with van der Waals surface area (Å²) in [5.41, 5.74) is 0.332. The molecule has 0 unspecified atom stereocenters. The standard InChI is InChI=1S/C12H11F3O4/c13-12(14,15)7-19-10(16)6-9(11(17)18)8-4-2-1-3-5-8/h1-5,9H,6-7H2,(H,17,18)/t9-/m0/s1. The zero-order valence-corrected chi connectivity index (χ0v) is 9.68. The van der Waals surface area contributed by atoms with E-state index in [2.05, 4.69) is 4.74 Å². The van der Waals surface area contributed by atoms with Crippen LogP contribution in [0.25, 0.3) is 0 Å². The van der Waals surface area contributed by atoms with Crippen molar-refractivity contribution in [2.75, 3.05) is 6.61 Å². The van der Waals surface area contributed by atoms with Crippen molar-refractivity contribution < 1.29 is 32.6 Å². The number of carboxylic acids is 1. The Labute approximate surface area is 106 Å². The van der Waals surface area contributed by atoms with Crippen LogP contribution in [0, 0.1) is 0 Å². The summed E-state index contributed by atoms with van der Waals surface area (Å²) < 4.78 is 39.5. The molecule has 1 aromatic rings. The smallest absolute Gasteiger partial charge is 0.422 e. The van der Waals surface area contributed by atoms with Crippen molar-refractivity contribution in [2.24, 2.45) is 0 Å². The predicted octanol–water partition coefficient (Wildman–Crippen LogP) is 2.35. The van der Waals surface area contributed by atoms with E-state index in [1.54, 1.807) is 18.2 Å². The Morgan fingerprint density at radius 1 is 1.21 bits per heavy atom. The number of rotatable bonds is 5. The molecule has 1 aromatic carbocycles. The Balaban J connectivity index is 2.65. The molecule has 0 spiro atoms. The van der Waals surface area contributed by atoms with Crippen molar-refractivity contribution in [3.05, 3.63) is 35.9 Å².